The molecule has 0 spiro atoms. The first-order valence-corrected chi connectivity index (χ1v) is 25.3. The maximum atomic E-state index is 2.81. The lowest BCUT2D eigenvalue weighted by molar-refractivity contribution is 1.09. The molecule has 0 aliphatic heterocycles. The Morgan fingerprint density at radius 2 is 0.221 bits per heavy atom. The Kier molecular flexibility index (Phi) is 12.8. The van der Waals surface area contributed by atoms with Gasteiger partial charge in [0.15, 0.2) is 0 Å². The molecular weight excluding hydrogens is 821 g/mol. The molecule has 7 rings (SSSR count). The summed E-state index contributed by atoms with van der Waals surface area (Å²) in [6.45, 7) is 66.4. The fourth-order valence-electron chi connectivity index (χ4n) is 12.4. The molecule has 0 amide bonds. The van der Waals surface area contributed by atoms with Crippen LogP contribution < -0.4 is 9.80 Å². The van der Waals surface area contributed by atoms with Gasteiger partial charge in [0.25, 0.3) is 0 Å². The molecule has 0 aliphatic rings. The Hall–Kier alpha value is -5.34. The van der Waals surface area contributed by atoms with Gasteiger partial charge in [-0.15, -0.1) is 0 Å². The van der Waals surface area contributed by atoms with E-state index in [0.29, 0.717) is 0 Å². The Morgan fingerprint density at radius 3 is 0.353 bits per heavy atom. The van der Waals surface area contributed by atoms with Crippen molar-refractivity contribution in [3.05, 3.63) is 156 Å². The van der Waals surface area contributed by atoms with Crippen LogP contribution in [-0.2, 0) is 0 Å². The summed E-state index contributed by atoms with van der Waals surface area (Å²) in [6, 6.07) is 0. The van der Waals surface area contributed by atoms with E-state index in [2.05, 4.69) is 204 Å². The third-order valence-electron chi connectivity index (χ3n) is 19.5. The van der Waals surface area contributed by atoms with E-state index >= 15 is 0 Å². The standard InChI is InChI=1S/C66H84N2/c1-29-37(9)49(21)61(50(22)38(29)10)67(62-51(23)39(11)30(2)40(12)52(62)24)65-57-45(17)33(5)35(7)47(19)59(57)66(60-48(20)36(8)34(6)46(18)58(60)65)68(63-53(25)41(13)31(3)42(14)54(63)26)64-55(27)43(15)32(4)44(16)56(64)28/h1-28H3. The van der Waals surface area contributed by atoms with E-state index < -0.39 is 0 Å². The fraction of sp³-hybridized carbons (Fsp3) is 0.424. The van der Waals surface area contributed by atoms with Crippen LogP contribution >= 0.6 is 0 Å². The van der Waals surface area contributed by atoms with Gasteiger partial charge in [-0.25, -0.2) is 0 Å². The maximum Gasteiger partial charge on any atom is 0.0626 e. The molecule has 0 bridgehead atoms. The van der Waals surface area contributed by atoms with Gasteiger partial charge in [0.05, 0.1) is 34.1 Å². The van der Waals surface area contributed by atoms with Crippen LogP contribution in [0.4, 0.5) is 34.1 Å². The smallest absolute Gasteiger partial charge is 0.0626 e. The highest BCUT2D eigenvalue weighted by atomic mass is 15.2. The summed E-state index contributed by atoms with van der Waals surface area (Å²) < 4.78 is 0. The first kappa shape index (κ1) is 50.5. The zero-order valence-corrected chi connectivity index (χ0v) is 47.9. The number of aryl methyl sites for hydroxylation is 4. The lowest BCUT2D eigenvalue weighted by Crippen LogP contribution is -2.23. The molecule has 2 nitrogen and oxygen atoms in total. The zero-order chi connectivity index (χ0) is 51.1. The molecule has 68 heavy (non-hydrogen) atoms. The van der Waals surface area contributed by atoms with E-state index in [-0.39, 0.29) is 0 Å². The van der Waals surface area contributed by atoms with Crippen LogP contribution in [0.2, 0.25) is 0 Å². The Morgan fingerprint density at radius 1 is 0.118 bits per heavy atom. The van der Waals surface area contributed by atoms with Crippen LogP contribution in [0.1, 0.15) is 156 Å². The van der Waals surface area contributed by atoms with Crippen molar-refractivity contribution in [1.82, 2.24) is 0 Å². The average Bonchev–Trinajstić information content (AvgIpc) is 3.31. The minimum absolute atomic E-state index is 1.31. The number of nitrogens with zero attached hydrogens (tertiary/aromatic N) is 2. The fourth-order valence-corrected chi connectivity index (χ4v) is 12.4. The van der Waals surface area contributed by atoms with Crippen molar-refractivity contribution in [2.24, 2.45) is 0 Å². The number of anilines is 6. The second-order valence-corrected chi connectivity index (χ2v) is 21.8. The van der Waals surface area contributed by atoms with E-state index in [4.69, 9.17) is 0 Å². The molecule has 0 atom stereocenters. The number of hydrogen-bond donors (Lipinski definition) is 0. The number of hydrogen-bond acceptors (Lipinski definition) is 2. The molecule has 0 saturated carbocycles. The van der Waals surface area contributed by atoms with Gasteiger partial charge in [0.2, 0.25) is 0 Å². The summed E-state index contributed by atoms with van der Waals surface area (Å²) in [4.78, 5) is 5.62. The zero-order valence-electron chi connectivity index (χ0n) is 47.9. The van der Waals surface area contributed by atoms with Gasteiger partial charge >= 0.3 is 0 Å². The Balaban J connectivity index is 2.00. The first-order valence-electron chi connectivity index (χ1n) is 25.3. The molecule has 7 aromatic rings. The van der Waals surface area contributed by atoms with Gasteiger partial charge in [-0.05, 0) is 350 Å². The number of fused-ring (bicyclic) bond motifs is 2. The van der Waals surface area contributed by atoms with Gasteiger partial charge in [0, 0.05) is 21.5 Å². The highest BCUT2D eigenvalue weighted by molar-refractivity contribution is 6.27. The molecule has 7 aromatic carbocycles. The molecule has 0 heterocycles. The van der Waals surface area contributed by atoms with Gasteiger partial charge in [-0.1, -0.05) is 0 Å². The highest BCUT2D eigenvalue weighted by Gasteiger charge is 2.36. The van der Waals surface area contributed by atoms with E-state index in [1.165, 1.54) is 211 Å². The molecule has 2 heteroatoms. The topological polar surface area (TPSA) is 6.48 Å². The van der Waals surface area contributed by atoms with Crippen LogP contribution in [-0.4, -0.2) is 0 Å². The molecule has 0 unspecified atom stereocenters. The predicted octanol–water partition coefficient (Wildman–Crippen LogP) is 19.6. The minimum atomic E-state index is 1.31. The van der Waals surface area contributed by atoms with E-state index in [0.717, 1.165) is 0 Å². The van der Waals surface area contributed by atoms with Crippen molar-refractivity contribution < 1.29 is 0 Å². The van der Waals surface area contributed by atoms with Crippen LogP contribution in [0.25, 0.3) is 21.5 Å². The summed E-state index contributed by atoms with van der Waals surface area (Å²) in [7, 11) is 0. The van der Waals surface area contributed by atoms with Gasteiger partial charge in [0.1, 0.15) is 0 Å². The summed E-state index contributed by atoms with van der Waals surface area (Å²) in [5, 5.41) is 5.39. The molecule has 0 aromatic heterocycles. The van der Waals surface area contributed by atoms with Gasteiger partial charge in [-0.3, -0.25) is 0 Å². The second-order valence-electron chi connectivity index (χ2n) is 21.8. The summed E-state index contributed by atoms with van der Waals surface area (Å²) in [5.74, 6) is 0. The summed E-state index contributed by atoms with van der Waals surface area (Å²) in [5.41, 5.74) is 46.0. The largest absolute Gasteiger partial charge is 0.308 e. The van der Waals surface area contributed by atoms with Crippen LogP contribution in [0.5, 0.6) is 0 Å². The van der Waals surface area contributed by atoms with Crippen molar-refractivity contribution in [3.8, 4) is 0 Å². The normalized spacial score (nSPS) is 11.8. The van der Waals surface area contributed by atoms with Crippen LogP contribution in [0.3, 0.4) is 0 Å². The van der Waals surface area contributed by atoms with Crippen molar-refractivity contribution in [3.63, 3.8) is 0 Å². The van der Waals surface area contributed by atoms with Crippen LogP contribution in [0, 0.1) is 194 Å². The Labute approximate surface area is 413 Å². The number of rotatable bonds is 6. The third-order valence-corrected chi connectivity index (χ3v) is 19.5. The van der Waals surface area contributed by atoms with E-state index in [9.17, 15) is 0 Å². The lowest BCUT2D eigenvalue weighted by Gasteiger charge is -2.41. The molecule has 358 valence electrons. The van der Waals surface area contributed by atoms with Crippen molar-refractivity contribution in [2.75, 3.05) is 9.80 Å². The van der Waals surface area contributed by atoms with Crippen LogP contribution in [0.15, 0.2) is 0 Å². The summed E-state index contributed by atoms with van der Waals surface area (Å²) in [6.07, 6.45) is 0. The van der Waals surface area contributed by atoms with E-state index in [1.54, 1.807) is 0 Å². The first-order chi connectivity index (χ1) is 31.5. The minimum Gasteiger partial charge on any atom is -0.308 e. The van der Waals surface area contributed by atoms with Gasteiger partial charge in [-0.2, -0.15) is 0 Å². The SMILES string of the molecule is Cc1c(C)c(C)c(N(c2c(C)c(C)c(C)c(C)c2C)c2c3c(C)c(C)c(C)c(C)c3c(N(c3c(C)c(C)c(C)c(C)c3C)c3c(C)c(C)c(C)c(C)c3C)c3c(C)c(C)c(C)c(C)c23)c(C)c1C. The van der Waals surface area contributed by atoms with Crippen molar-refractivity contribution in [1.29, 1.82) is 0 Å². The third kappa shape index (κ3) is 6.76. The number of benzene rings is 7. The molecule has 0 N–H and O–H groups in total. The molecule has 0 radical (unpaired) electrons. The molecular formula is C66H84N2. The highest BCUT2D eigenvalue weighted by Crippen LogP contribution is 2.59. The lowest BCUT2D eigenvalue weighted by atomic mass is 9.80. The molecule has 0 saturated heterocycles. The Bertz CT molecular complexity index is 2840. The van der Waals surface area contributed by atoms with E-state index in [1.807, 2.05) is 0 Å². The monoisotopic (exact) mass is 905 g/mol. The molecule has 0 aliphatic carbocycles. The average molecular weight is 905 g/mol. The maximum absolute atomic E-state index is 2.81. The molecule has 0 fully saturated rings. The van der Waals surface area contributed by atoms with Gasteiger partial charge < -0.3 is 9.80 Å². The predicted molar refractivity (Wildman–Crippen MR) is 303 cm³/mol. The van der Waals surface area contributed by atoms with Crippen molar-refractivity contribution >= 4 is 55.7 Å². The quantitative estimate of drug-likeness (QED) is 0.121. The van der Waals surface area contributed by atoms with Crippen molar-refractivity contribution in [2.45, 2.75) is 194 Å². The summed E-state index contributed by atoms with van der Waals surface area (Å²) >= 11 is 0. The second kappa shape index (κ2) is 17.3.